The Morgan fingerprint density at radius 1 is 1.71 bits per heavy atom. The Bertz CT molecular complexity index is 408. The van der Waals surface area contributed by atoms with Crippen LogP contribution < -0.4 is 10.2 Å². The predicted molar refractivity (Wildman–Crippen MR) is 54.8 cm³/mol. The molecule has 0 spiro atoms. The minimum absolute atomic E-state index is 0.106. The van der Waals surface area contributed by atoms with E-state index in [9.17, 15) is 18.0 Å². The van der Waals surface area contributed by atoms with Gasteiger partial charge in [-0.2, -0.15) is 17.4 Å². The second kappa shape index (κ2) is 5.40. The minimum atomic E-state index is -3.89. The van der Waals surface area contributed by atoms with E-state index in [1.807, 2.05) is 5.48 Å². The third-order valence-corrected chi connectivity index (χ3v) is 3.67. The Hall–Kier alpha value is -1.23. The first-order valence-electron chi connectivity index (χ1n) is 4.70. The van der Waals surface area contributed by atoms with Crippen molar-refractivity contribution in [3.63, 3.8) is 0 Å². The quantitative estimate of drug-likeness (QED) is 0.495. The van der Waals surface area contributed by atoms with Crippen LogP contribution in [0.1, 0.15) is 6.42 Å². The molecule has 9 nitrogen and oxygen atoms in total. The van der Waals surface area contributed by atoms with Gasteiger partial charge in [0, 0.05) is 13.6 Å². The first-order chi connectivity index (χ1) is 7.83. The van der Waals surface area contributed by atoms with Crippen LogP contribution in [0, 0.1) is 0 Å². The molecule has 1 atom stereocenters. The number of nitrogens with zero attached hydrogens (tertiary/aromatic N) is 1. The lowest BCUT2D eigenvalue weighted by Gasteiger charge is -2.18. The van der Waals surface area contributed by atoms with Gasteiger partial charge in [-0.25, -0.2) is 5.48 Å². The van der Waals surface area contributed by atoms with E-state index in [0.717, 1.165) is 4.31 Å². The van der Waals surface area contributed by atoms with Crippen LogP contribution in [-0.2, 0) is 24.6 Å². The summed E-state index contributed by atoms with van der Waals surface area (Å²) in [6, 6.07) is -0.993. The summed E-state index contributed by atoms with van der Waals surface area (Å²) in [6.45, 7) is -0.287. The monoisotopic (exact) mass is 267 g/mol. The van der Waals surface area contributed by atoms with Crippen molar-refractivity contribution < 1.29 is 28.0 Å². The summed E-state index contributed by atoms with van der Waals surface area (Å²) in [6.07, 6.45) is -0.315. The van der Waals surface area contributed by atoms with Crippen molar-refractivity contribution in [2.75, 3.05) is 20.2 Å². The van der Waals surface area contributed by atoms with Gasteiger partial charge in [-0.05, 0) is 0 Å². The van der Waals surface area contributed by atoms with E-state index in [4.69, 9.17) is 5.11 Å². The highest BCUT2D eigenvalue weighted by Gasteiger charge is 2.31. The van der Waals surface area contributed by atoms with Crippen LogP contribution >= 0.6 is 0 Å². The molecule has 1 saturated heterocycles. The van der Waals surface area contributed by atoms with E-state index in [2.05, 4.69) is 9.56 Å². The Morgan fingerprint density at radius 3 is 2.82 bits per heavy atom. The number of hydroxylamine groups is 1. The molecule has 10 heteroatoms. The third-order valence-electron chi connectivity index (χ3n) is 2.08. The molecule has 3 N–H and O–H groups in total. The fraction of sp³-hybridized carbons (Fsp3) is 0.714. The Kier molecular flexibility index (Phi) is 4.40. The van der Waals surface area contributed by atoms with E-state index >= 15 is 0 Å². The molecular weight excluding hydrogens is 254 g/mol. The van der Waals surface area contributed by atoms with E-state index in [1.54, 1.807) is 0 Å². The van der Waals surface area contributed by atoms with E-state index in [0.29, 0.717) is 0 Å². The molecule has 17 heavy (non-hydrogen) atoms. The van der Waals surface area contributed by atoms with Crippen LogP contribution in [0.4, 0.5) is 0 Å². The molecule has 0 aliphatic carbocycles. The number of nitrogens with one attached hydrogen (secondary N) is 2. The van der Waals surface area contributed by atoms with Crippen LogP contribution in [0.15, 0.2) is 0 Å². The SMILES string of the molecule is CN(CCC(=O)O)S(=O)(=O)N[C@@H]1CONC1=O. The zero-order chi connectivity index (χ0) is 13.1. The van der Waals surface area contributed by atoms with Gasteiger partial charge in [0.2, 0.25) is 0 Å². The molecule has 1 amide bonds. The molecule has 0 aromatic rings. The molecule has 1 aliphatic heterocycles. The fourth-order valence-corrected chi connectivity index (χ4v) is 2.12. The third kappa shape index (κ3) is 3.93. The summed E-state index contributed by atoms with van der Waals surface area (Å²) in [4.78, 5) is 25.9. The summed E-state index contributed by atoms with van der Waals surface area (Å²) in [7, 11) is -2.67. The minimum Gasteiger partial charge on any atom is -0.481 e. The first kappa shape index (κ1) is 13.8. The molecule has 0 aromatic carbocycles. The van der Waals surface area contributed by atoms with Crippen molar-refractivity contribution in [1.29, 1.82) is 0 Å². The Morgan fingerprint density at radius 2 is 2.35 bits per heavy atom. The fourth-order valence-electron chi connectivity index (χ4n) is 1.07. The van der Waals surface area contributed by atoms with Gasteiger partial charge in [0.05, 0.1) is 6.42 Å². The van der Waals surface area contributed by atoms with Gasteiger partial charge in [0.1, 0.15) is 12.6 Å². The number of rotatable bonds is 6. The number of carboxylic acid groups (broad SMARTS) is 1. The normalized spacial score (nSPS) is 20.6. The van der Waals surface area contributed by atoms with Gasteiger partial charge in [-0.3, -0.25) is 14.4 Å². The highest BCUT2D eigenvalue weighted by molar-refractivity contribution is 7.87. The summed E-state index contributed by atoms with van der Waals surface area (Å²) in [5.41, 5.74) is 2.00. The molecule has 1 rings (SSSR count). The number of carbonyl (C=O) groups is 2. The topological polar surface area (TPSA) is 125 Å². The summed E-state index contributed by atoms with van der Waals surface area (Å²) in [5.74, 6) is -1.69. The maximum Gasteiger partial charge on any atom is 0.304 e. The summed E-state index contributed by atoms with van der Waals surface area (Å²) in [5, 5.41) is 8.43. The smallest absolute Gasteiger partial charge is 0.304 e. The number of aliphatic carboxylic acids is 1. The van der Waals surface area contributed by atoms with Crippen LogP contribution in [0.25, 0.3) is 0 Å². The largest absolute Gasteiger partial charge is 0.481 e. The molecule has 0 aromatic heterocycles. The molecule has 0 radical (unpaired) electrons. The van der Waals surface area contributed by atoms with Gasteiger partial charge >= 0.3 is 5.97 Å². The molecule has 0 bridgehead atoms. The van der Waals surface area contributed by atoms with Crippen LogP contribution in [0.5, 0.6) is 0 Å². The number of carbonyl (C=O) groups excluding carboxylic acids is 1. The Labute approximate surface area is 97.9 Å². The van der Waals surface area contributed by atoms with E-state index < -0.39 is 28.1 Å². The second-order valence-corrected chi connectivity index (χ2v) is 5.23. The lowest BCUT2D eigenvalue weighted by atomic mass is 10.3. The van der Waals surface area contributed by atoms with Crippen molar-refractivity contribution in [3.8, 4) is 0 Å². The van der Waals surface area contributed by atoms with Gasteiger partial charge in [0.25, 0.3) is 16.1 Å². The van der Waals surface area contributed by atoms with Crippen LogP contribution in [0.2, 0.25) is 0 Å². The van der Waals surface area contributed by atoms with Crippen molar-refractivity contribution in [2.24, 2.45) is 0 Å². The number of carboxylic acids is 1. The summed E-state index contributed by atoms with van der Waals surface area (Å²) < 4.78 is 26.2. The summed E-state index contributed by atoms with van der Waals surface area (Å²) >= 11 is 0. The van der Waals surface area contributed by atoms with E-state index in [1.165, 1.54) is 7.05 Å². The second-order valence-electron chi connectivity index (χ2n) is 3.42. The zero-order valence-corrected chi connectivity index (χ0v) is 9.86. The van der Waals surface area contributed by atoms with Crippen molar-refractivity contribution in [2.45, 2.75) is 12.5 Å². The van der Waals surface area contributed by atoms with Crippen molar-refractivity contribution >= 4 is 22.1 Å². The number of hydrogen-bond acceptors (Lipinski definition) is 5. The Balaban J connectivity index is 2.55. The lowest BCUT2D eigenvalue weighted by Crippen LogP contribution is -2.48. The number of hydrogen-bond donors (Lipinski definition) is 3. The predicted octanol–water partition coefficient (Wildman–Crippen LogP) is -2.34. The lowest BCUT2D eigenvalue weighted by molar-refractivity contribution is -0.137. The van der Waals surface area contributed by atoms with Gasteiger partial charge in [-0.1, -0.05) is 0 Å². The first-order valence-corrected chi connectivity index (χ1v) is 6.14. The zero-order valence-electron chi connectivity index (χ0n) is 9.04. The highest BCUT2D eigenvalue weighted by atomic mass is 32.2. The highest BCUT2D eigenvalue weighted by Crippen LogP contribution is 2.01. The molecule has 98 valence electrons. The molecule has 1 fully saturated rings. The maximum atomic E-state index is 11.6. The molecule has 1 heterocycles. The van der Waals surface area contributed by atoms with Gasteiger partial charge < -0.3 is 5.11 Å². The average Bonchev–Trinajstić information content (AvgIpc) is 2.60. The molecule has 0 unspecified atom stereocenters. The maximum absolute atomic E-state index is 11.6. The van der Waals surface area contributed by atoms with Crippen LogP contribution in [-0.4, -0.2) is 55.9 Å². The average molecular weight is 267 g/mol. The van der Waals surface area contributed by atoms with Crippen LogP contribution in [0.3, 0.4) is 0 Å². The van der Waals surface area contributed by atoms with Crippen molar-refractivity contribution in [3.05, 3.63) is 0 Å². The van der Waals surface area contributed by atoms with Gasteiger partial charge in [0.15, 0.2) is 0 Å². The molecule has 0 saturated carbocycles. The van der Waals surface area contributed by atoms with Gasteiger partial charge in [-0.15, -0.1) is 0 Å². The van der Waals surface area contributed by atoms with Crippen molar-refractivity contribution in [1.82, 2.24) is 14.5 Å². The molecule has 1 aliphatic rings. The standard InChI is InChI=1S/C7H13N3O6S/c1-10(3-2-6(11)12)17(14,15)9-5-4-16-8-7(5)13/h5,9H,2-4H2,1H3,(H,8,13)(H,11,12)/t5-/m1/s1. The van der Waals surface area contributed by atoms with E-state index in [-0.39, 0.29) is 19.6 Å². The molecular formula is C7H13N3O6S. The number of amides is 1.